The minimum atomic E-state index is -0.197. The van der Waals surface area contributed by atoms with Crippen LogP contribution in [0.5, 0.6) is 0 Å². The van der Waals surface area contributed by atoms with Gasteiger partial charge >= 0.3 is 0 Å². The van der Waals surface area contributed by atoms with Crippen LogP contribution in [-0.2, 0) is 0 Å². The van der Waals surface area contributed by atoms with Crippen LogP contribution >= 0.6 is 0 Å². The number of rotatable bonds is 0. The summed E-state index contributed by atoms with van der Waals surface area (Å²) in [6.07, 6.45) is 1.60. The molecule has 0 spiro atoms. The highest BCUT2D eigenvalue weighted by Gasteiger charge is 1.98. The van der Waals surface area contributed by atoms with Gasteiger partial charge in [-0.05, 0) is 18.6 Å². The highest BCUT2D eigenvalue weighted by Crippen LogP contribution is 1.97. The Balaban J connectivity index is 3.25. The van der Waals surface area contributed by atoms with Gasteiger partial charge in [0.2, 0.25) is 0 Å². The number of halogens is 1. The molecule has 0 aliphatic heterocycles. The fraction of sp³-hybridized carbons (Fsp3) is 0.167. The monoisotopic (exact) mass is 123 g/mol. The van der Waals surface area contributed by atoms with Crippen molar-refractivity contribution in [2.45, 2.75) is 6.92 Å². The summed E-state index contributed by atoms with van der Waals surface area (Å²) in [6.45, 7) is 1.73. The molecule has 3 heteroatoms. The predicted octanol–water partition coefficient (Wildman–Crippen LogP) is -0.212. The molecule has 0 bridgehead atoms. The van der Waals surface area contributed by atoms with Crippen molar-refractivity contribution in [2.75, 3.05) is 0 Å². The van der Waals surface area contributed by atoms with Gasteiger partial charge in [-0.15, -0.1) is 0 Å². The number of aromatic nitrogens is 1. The van der Waals surface area contributed by atoms with Crippen molar-refractivity contribution in [3.05, 3.63) is 23.6 Å². The number of aryl methyl sites for hydroxylation is 1. The maximum Gasteiger partial charge on any atom is 0.167 e. The normalized spacial score (nSPS) is 9.56. The first-order valence-electron chi connectivity index (χ1n) is 2.79. The molecule has 0 fully saturated rings. The molecule has 0 saturated carbocycles. The molecule has 0 aliphatic carbocycles. The summed E-state index contributed by atoms with van der Waals surface area (Å²) in [4.78, 5) is 3.76. The molecule has 46 valence electrons. The molecule has 0 saturated heterocycles. The summed E-state index contributed by atoms with van der Waals surface area (Å²) in [5.74, 6) is -0.197. The fourth-order valence-electron chi connectivity index (χ4n) is 0.676. The average Bonchev–Trinajstić information content (AvgIpc) is 1.83. The Labute approximate surface area is 54.3 Å². The first-order valence-corrected chi connectivity index (χ1v) is 2.79. The van der Waals surface area contributed by atoms with E-state index in [2.05, 4.69) is 4.98 Å². The van der Waals surface area contributed by atoms with Crippen molar-refractivity contribution in [3.8, 4) is 0 Å². The zero-order valence-corrected chi connectivity index (χ0v) is 5.48. The number of hydrogen-bond acceptors (Lipinski definition) is 1. The van der Waals surface area contributed by atoms with Crippen LogP contribution in [-0.4, -0.2) is 12.8 Å². The third kappa shape index (κ3) is 1.09. The number of pyridine rings is 1. The van der Waals surface area contributed by atoms with Gasteiger partial charge in [0, 0.05) is 11.8 Å². The molecule has 0 amide bonds. The Kier molecular flexibility index (Phi) is 1.51. The Morgan fingerprint density at radius 2 is 2.33 bits per heavy atom. The van der Waals surface area contributed by atoms with Crippen LogP contribution in [0.25, 0.3) is 0 Å². The molecule has 1 nitrogen and oxygen atoms in total. The lowest BCUT2D eigenvalue weighted by Gasteiger charge is -1.96. The van der Waals surface area contributed by atoms with E-state index in [-0.39, 0.29) is 5.82 Å². The molecule has 0 aliphatic rings. The van der Waals surface area contributed by atoms with Crippen LogP contribution in [0.1, 0.15) is 5.56 Å². The predicted molar refractivity (Wildman–Crippen MR) is 37.1 cm³/mol. The summed E-state index contributed by atoms with van der Waals surface area (Å²) >= 11 is 0. The number of hydrogen-bond donors (Lipinski definition) is 0. The van der Waals surface area contributed by atoms with Crippen molar-refractivity contribution in [2.24, 2.45) is 0 Å². The van der Waals surface area contributed by atoms with Crippen molar-refractivity contribution in [1.29, 1.82) is 0 Å². The Hall–Kier alpha value is -0.855. The maximum atomic E-state index is 12.7. The van der Waals surface area contributed by atoms with Gasteiger partial charge in [-0.2, -0.15) is 0 Å². The first-order chi connectivity index (χ1) is 4.22. The molecule has 0 aromatic carbocycles. The third-order valence-corrected chi connectivity index (χ3v) is 1.26. The van der Waals surface area contributed by atoms with Gasteiger partial charge < -0.3 is 0 Å². The van der Waals surface area contributed by atoms with Crippen LogP contribution in [0.2, 0.25) is 0 Å². The molecule has 1 heterocycles. The zero-order valence-electron chi connectivity index (χ0n) is 5.48. The highest BCUT2D eigenvalue weighted by atomic mass is 19.1. The van der Waals surface area contributed by atoms with E-state index >= 15 is 0 Å². The van der Waals surface area contributed by atoms with Crippen LogP contribution < -0.4 is 5.59 Å². The Bertz CT molecular complexity index is 204. The third-order valence-electron chi connectivity index (χ3n) is 1.26. The first kappa shape index (κ1) is 6.27. The molecule has 0 unspecified atom stereocenters. The van der Waals surface area contributed by atoms with Crippen molar-refractivity contribution in [3.63, 3.8) is 0 Å². The van der Waals surface area contributed by atoms with Crippen LogP contribution in [0, 0.1) is 12.7 Å². The minimum absolute atomic E-state index is 0.197. The zero-order chi connectivity index (χ0) is 6.85. The Morgan fingerprint density at radius 3 is 2.78 bits per heavy atom. The van der Waals surface area contributed by atoms with E-state index < -0.39 is 0 Å². The van der Waals surface area contributed by atoms with Crippen molar-refractivity contribution >= 4 is 13.4 Å². The second-order valence-electron chi connectivity index (χ2n) is 2.03. The van der Waals surface area contributed by atoms with Gasteiger partial charge in [-0.25, -0.2) is 4.39 Å². The number of nitrogens with zero attached hydrogens (tertiary/aromatic N) is 1. The standard InChI is InChI=1S/C6H7BFN/c1-4-2-3-9-6(7)5(4)8/h2-3H,7H2,1H3. The van der Waals surface area contributed by atoms with Gasteiger partial charge in [0.15, 0.2) is 7.85 Å². The lowest BCUT2D eigenvalue weighted by Crippen LogP contribution is -2.13. The van der Waals surface area contributed by atoms with E-state index in [1.807, 2.05) is 0 Å². The molecule has 0 N–H and O–H groups in total. The summed E-state index contributed by atoms with van der Waals surface area (Å²) < 4.78 is 12.7. The lowest BCUT2D eigenvalue weighted by atomic mass is 10.0. The topological polar surface area (TPSA) is 12.9 Å². The summed E-state index contributed by atoms with van der Waals surface area (Å²) in [5.41, 5.74) is 1.12. The van der Waals surface area contributed by atoms with Crippen molar-refractivity contribution in [1.82, 2.24) is 4.98 Å². The Morgan fingerprint density at radius 1 is 1.67 bits per heavy atom. The summed E-state index contributed by atoms with van der Waals surface area (Å²) in [7, 11) is 1.66. The van der Waals surface area contributed by atoms with Crippen LogP contribution in [0.15, 0.2) is 12.3 Å². The second kappa shape index (κ2) is 2.17. The van der Waals surface area contributed by atoms with E-state index in [1.165, 1.54) is 0 Å². The molecule has 0 atom stereocenters. The van der Waals surface area contributed by atoms with E-state index in [0.717, 1.165) is 0 Å². The second-order valence-corrected chi connectivity index (χ2v) is 2.03. The van der Waals surface area contributed by atoms with Gasteiger partial charge in [0.25, 0.3) is 0 Å². The SMILES string of the molecule is Bc1nccc(C)c1F. The molecular weight excluding hydrogens is 116 g/mol. The largest absolute Gasteiger partial charge is 0.269 e. The summed E-state index contributed by atoms with van der Waals surface area (Å²) in [5, 5.41) is 0. The molecule has 1 rings (SSSR count). The minimum Gasteiger partial charge on any atom is -0.269 e. The molecule has 1 aromatic rings. The fourth-order valence-corrected chi connectivity index (χ4v) is 0.676. The lowest BCUT2D eigenvalue weighted by molar-refractivity contribution is 0.622. The molecule has 0 radical (unpaired) electrons. The maximum absolute atomic E-state index is 12.7. The van der Waals surface area contributed by atoms with Gasteiger partial charge in [0.1, 0.15) is 5.82 Å². The molecule has 9 heavy (non-hydrogen) atoms. The van der Waals surface area contributed by atoms with Crippen molar-refractivity contribution < 1.29 is 4.39 Å². The van der Waals surface area contributed by atoms with E-state index in [1.54, 1.807) is 27.0 Å². The van der Waals surface area contributed by atoms with E-state index in [9.17, 15) is 4.39 Å². The van der Waals surface area contributed by atoms with Gasteiger partial charge in [0.05, 0.1) is 0 Å². The molecule has 1 aromatic heterocycles. The molecular formula is C6H7BFN. The van der Waals surface area contributed by atoms with Gasteiger partial charge in [-0.1, -0.05) is 0 Å². The van der Waals surface area contributed by atoms with Crippen LogP contribution in [0.3, 0.4) is 0 Å². The van der Waals surface area contributed by atoms with Gasteiger partial charge in [-0.3, -0.25) is 4.98 Å². The van der Waals surface area contributed by atoms with E-state index in [4.69, 9.17) is 0 Å². The van der Waals surface area contributed by atoms with E-state index in [0.29, 0.717) is 11.2 Å². The average molecular weight is 123 g/mol. The summed E-state index contributed by atoms with van der Waals surface area (Å²) in [6, 6.07) is 1.66. The highest BCUT2D eigenvalue weighted by molar-refractivity contribution is 6.30. The smallest absolute Gasteiger partial charge is 0.167 e. The quantitative estimate of drug-likeness (QED) is 0.435. The van der Waals surface area contributed by atoms with Crippen LogP contribution in [0.4, 0.5) is 4.39 Å².